The largest absolute Gasteiger partial charge is 0.461 e. The molecule has 0 aliphatic rings. The van der Waals surface area contributed by atoms with Crippen molar-refractivity contribution in [2.45, 2.75) is 26.4 Å². The summed E-state index contributed by atoms with van der Waals surface area (Å²) in [6, 6.07) is 3.77. The van der Waals surface area contributed by atoms with Crippen molar-refractivity contribution in [2.24, 2.45) is 0 Å². The number of hydrogen-bond acceptors (Lipinski definition) is 8. The fourth-order valence-corrected chi connectivity index (χ4v) is 2.48. The highest BCUT2D eigenvalue weighted by Crippen LogP contribution is 2.21. The summed E-state index contributed by atoms with van der Waals surface area (Å²) in [6.07, 6.45) is 7.98. The molecule has 10 heteroatoms. The average Bonchev–Trinajstić information content (AvgIpc) is 2.79. The van der Waals surface area contributed by atoms with Gasteiger partial charge in [0, 0.05) is 31.2 Å². The number of hydrogen-bond donors (Lipinski definition) is 0. The maximum absolute atomic E-state index is 12.4. The molecule has 0 aliphatic heterocycles. The van der Waals surface area contributed by atoms with Crippen LogP contribution < -0.4 is 9.64 Å². The summed E-state index contributed by atoms with van der Waals surface area (Å²) in [4.78, 5) is 26.5. The number of aromatic nitrogens is 3. The molecule has 180 valence electrons. The molecule has 0 aromatic carbocycles. The number of carbonyl (C=O) groups excluding carboxylic acids is 1. The van der Waals surface area contributed by atoms with Gasteiger partial charge in [-0.2, -0.15) is 0 Å². The third kappa shape index (κ3) is 9.92. The van der Waals surface area contributed by atoms with E-state index in [1.807, 2.05) is 20.8 Å². The van der Waals surface area contributed by atoms with Gasteiger partial charge in [-0.15, -0.1) is 0 Å². The molecule has 2 aromatic rings. The second-order valence-electron chi connectivity index (χ2n) is 7.84. The van der Waals surface area contributed by atoms with Crippen molar-refractivity contribution in [3.05, 3.63) is 42.0 Å². The number of amides is 1. The van der Waals surface area contributed by atoms with Gasteiger partial charge in [0.05, 0.1) is 37.8 Å². The number of carbonyl (C=O) groups is 1. The van der Waals surface area contributed by atoms with Crippen LogP contribution in [0.5, 0.6) is 6.01 Å². The predicted molar refractivity (Wildman–Crippen MR) is 123 cm³/mol. The Labute approximate surface area is 193 Å². The Bertz CT molecular complexity index is 887. The Morgan fingerprint density at radius 2 is 1.70 bits per heavy atom. The van der Waals surface area contributed by atoms with Crippen LogP contribution in [0.1, 0.15) is 32.0 Å². The molecule has 0 saturated heterocycles. The van der Waals surface area contributed by atoms with Gasteiger partial charge in [-0.3, -0.25) is 9.88 Å². The van der Waals surface area contributed by atoms with Crippen molar-refractivity contribution in [3.8, 4) is 6.01 Å². The van der Waals surface area contributed by atoms with E-state index < -0.39 is 18.4 Å². The molecule has 1 amide bonds. The van der Waals surface area contributed by atoms with E-state index in [1.54, 1.807) is 49.9 Å². The molecule has 0 saturated carbocycles. The lowest BCUT2D eigenvalue weighted by atomic mass is 10.2. The van der Waals surface area contributed by atoms with Gasteiger partial charge < -0.3 is 18.9 Å². The third-order valence-electron chi connectivity index (χ3n) is 3.98. The van der Waals surface area contributed by atoms with Crippen LogP contribution in [0.3, 0.4) is 0 Å². The molecule has 0 aliphatic carbocycles. The van der Waals surface area contributed by atoms with E-state index in [1.165, 1.54) is 4.90 Å². The van der Waals surface area contributed by atoms with E-state index in [4.69, 9.17) is 18.9 Å². The molecule has 2 aromatic heterocycles. The van der Waals surface area contributed by atoms with Gasteiger partial charge in [0.25, 0.3) is 0 Å². The lowest BCUT2D eigenvalue weighted by Gasteiger charge is -2.25. The molecule has 2 heterocycles. The second-order valence-corrected chi connectivity index (χ2v) is 7.84. The van der Waals surface area contributed by atoms with Gasteiger partial charge in [0.2, 0.25) is 0 Å². The van der Waals surface area contributed by atoms with Crippen molar-refractivity contribution in [3.63, 3.8) is 0 Å². The topological polar surface area (TPSA) is 95.9 Å². The Morgan fingerprint density at radius 1 is 1.03 bits per heavy atom. The van der Waals surface area contributed by atoms with Crippen LogP contribution in [0.25, 0.3) is 12.2 Å². The summed E-state index contributed by atoms with van der Waals surface area (Å²) in [7, 11) is 1.64. The van der Waals surface area contributed by atoms with Gasteiger partial charge in [-0.1, -0.05) is 0 Å². The monoisotopic (exact) mass is 462 g/mol. The first-order valence-electron chi connectivity index (χ1n) is 10.6. The number of pyridine rings is 1. The number of alkyl halides is 1. The molecular formula is C23H31FN4O5. The van der Waals surface area contributed by atoms with E-state index in [-0.39, 0.29) is 19.2 Å². The first kappa shape index (κ1) is 26.1. The average molecular weight is 463 g/mol. The fourth-order valence-electron chi connectivity index (χ4n) is 2.48. The van der Waals surface area contributed by atoms with E-state index in [0.717, 1.165) is 5.56 Å². The van der Waals surface area contributed by atoms with Crippen LogP contribution in [-0.2, 0) is 14.2 Å². The third-order valence-corrected chi connectivity index (χ3v) is 3.98. The minimum Gasteiger partial charge on any atom is -0.461 e. The summed E-state index contributed by atoms with van der Waals surface area (Å²) in [5.74, 6) is 0. The molecule has 0 atom stereocenters. The summed E-state index contributed by atoms with van der Waals surface area (Å²) >= 11 is 0. The minimum absolute atomic E-state index is 0.0799. The van der Waals surface area contributed by atoms with Crippen LogP contribution >= 0.6 is 0 Å². The first-order valence-corrected chi connectivity index (χ1v) is 10.6. The molecule has 0 fully saturated rings. The van der Waals surface area contributed by atoms with Crippen LogP contribution in [0, 0.1) is 0 Å². The lowest BCUT2D eigenvalue weighted by molar-refractivity contribution is 0.0315. The minimum atomic E-state index is -0.596. The molecule has 0 N–H and O–H groups in total. The Hall–Kier alpha value is -3.11. The van der Waals surface area contributed by atoms with E-state index in [2.05, 4.69) is 15.0 Å². The van der Waals surface area contributed by atoms with Gasteiger partial charge in [0.1, 0.15) is 18.9 Å². The number of nitrogens with zero attached hydrogens (tertiary/aromatic N) is 4. The number of rotatable bonds is 12. The highest BCUT2D eigenvalue weighted by atomic mass is 19.1. The lowest BCUT2D eigenvalue weighted by Crippen LogP contribution is -2.34. The summed E-state index contributed by atoms with van der Waals surface area (Å²) in [6.45, 7) is 6.36. The van der Waals surface area contributed by atoms with Gasteiger partial charge in [-0.25, -0.2) is 19.2 Å². The second kappa shape index (κ2) is 13.4. The highest BCUT2D eigenvalue weighted by molar-refractivity contribution is 5.90. The number of anilines is 1. The molecule has 2 rings (SSSR count). The van der Waals surface area contributed by atoms with E-state index in [9.17, 15) is 9.18 Å². The van der Waals surface area contributed by atoms with Crippen LogP contribution in [0.15, 0.2) is 30.7 Å². The Balaban J connectivity index is 1.88. The summed E-state index contributed by atoms with van der Waals surface area (Å²) in [5.41, 5.74) is 1.35. The Kier molecular flexibility index (Phi) is 10.6. The zero-order valence-electron chi connectivity index (χ0n) is 19.5. The van der Waals surface area contributed by atoms with Crippen molar-refractivity contribution in [1.82, 2.24) is 15.0 Å². The first-order chi connectivity index (χ1) is 15.8. The standard InChI is InChI=1S/C23H31FN4O5/c1-23(2,3)33-22(29)28(4)20-6-5-10-25-19(20)8-7-18-16-26-21(27-17-18)32-15-14-31-13-12-30-11-9-24/h5-8,10,16-17H,9,11-15H2,1-4H3/b8-7+. The maximum Gasteiger partial charge on any atom is 0.414 e. The summed E-state index contributed by atoms with van der Waals surface area (Å²) < 4.78 is 33.0. The smallest absolute Gasteiger partial charge is 0.414 e. The van der Waals surface area contributed by atoms with Gasteiger partial charge >= 0.3 is 12.1 Å². The van der Waals surface area contributed by atoms with Crippen molar-refractivity contribution in [2.75, 3.05) is 51.7 Å². The SMILES string of the molecule is CN(C(=O)OC(C)(C)C)c1cccnc1/C=C/c1cnc(OCCOCCOCCF)nc1. The normalized spacial score (nSPS) is 11.5. The van der Waals surface area contributed by atoms with Crippen molar-refractivity contribution >= 4 is 23.9 Å². The van der Waals surface area contributed by atoms with Gasteiger partial charge in [-0.05, 0) is 45.1 Å². The zero-order chi connectivity index (χ0) is 24.1. The number of halogens is 1. The molecule has 0 bridgehead atoms. The highest BCUT2D eigenvalue weighted by Gasteiger charge is 2.21. The molecule has 33 heavy (non-hydrogen) atoms. The molecule has 0 radical (unpaired) electrons. The van der Waals surface area contributed by atoms with Gasteiger partial charge in [0.15, 0.2) is 0 Å². The molecule has 0 spiro atoms. The summed E-state index contributed by atoms with van der Waals surface area (Å²) in [5, 5.41) is 0. The van der Waals surface area contributed by atoms with Crippen LogP contribution in [0.2, 0.25) is 0 Å². The van der Waals surface area contributed by atoms with Crippen LogP contribution in [0.4, 0.5) is 14.9 Å². The van der Waals surface area contributed by atoms with Crippen molar-refractivity contribution < 1.29 is 28.1 Å². The number of ether oxygens (including phenoxy) is 4. The predicted octanol–water partition coefficient (Wildman–Crippen LogP) is 3.79. The Morgan fingerprint density at radius 3 is 2.36 bits per heavy atom. The van der Waals surface area contributed by atoms with E-state index in [0.29, 0.717) is 31.2 Å². The molecular weight excluding hydrogens is 431 g/mol. The van der Waals surface area contributed by atoms with E-state index >= 15 is 0 Å². The molecule has 9 nitrogen and oxygen atoms in total. The molecule has 0 unspecified atom stereocenters. The fraction of sp³-hybridized carbons (Fsp3) is 0.478. The quantitative estimate of drug-likeness (QED) is 0.440. The van der Waals surface area contributed by atoms with Crippen molar-refractivity contribution in [1.29, 1.82) is 0 Å². The van der Waals surface area contributed by atoms with Crippen LogP contribution in [-0.4, -0.2) is 73.4 Å². The maximum atomic E-state index is 12.4. The zero-order valence-corrected chi connectivity index (χ0v) is 19.5.